The summed E-state index contributed by atoms with van der Waals surface area (Å²) in [6.45, 7) is 6.49. The van der Waals surface area contributed by atoms with Crippen LogP contribution in [0.5, 0.6) is 17.4 Å². The fourth-order valence-electron chi connectivity index (χ4n) is 4.13. The zero-order valence-corrected chi connectivity index (χ0v) is 20.0. The Kier molecular flexibility index (Phi) is 7.04. The number of ether oxygens (including phenoxy) is 4. The maximum absolute atomic E-state index is 6.15. The molecule has 3 aromatic rings. The van der Waals surface area contributed by atoms with Crippen LogP contribution in [-0.4, -0.2) is 46.0 Å². The van der Waals surface area contributed by atoms with Crippen molar-refractivity contribution in [1.82, 2.24) is 4.98 Å². The number of morpholine rings is 1. The molecular weight excluding hydrogens is 416 g/mol. The lowest BCUT2D eigenvalue weighted by atomic mass is 9.99. The number of aromatic nitrogens is 1. The Bertz CT molecular complexity index is 1060. The molecule has 1 aliphatic heterocycles. The van der Waals surface area contributed by atoms with Crippen LogP contribution in [0.3, 0.4) is 0 Å². The number of rotatable bonds is 7. The average Bonchev–Trinajstić information content (AvgIpc) is 2.88. The van der Waals surface area contributed by atoms with E-state index in [1.807, 2.05) is 24.3 Å². The van der Waals surface area contributed by atoms with Gasteiger partial charge in [0.25, 0.3) is 0 Å². The summed E-state index contributed by atoms with van der Waals surface area (Å²) in [5, 5.41) is 0. The van der Waals surface area contributed by atoms with E-state index >= 15 is 0 Å². The maximum atomic E-state index is 6.15. The Balaban J connectivity index is 1.67. The first-order valence-corrected chi connectivity index (χ1v) is 11.3. The molecule has 174 valence electrons. The third-order valence-electron chi connectivity index (χ3n) is 6.06. The van der Waals surface area contributed by atoms with Gasteiger partial charge in [-0.1, -0.05) is 38.1 Å². The van der Waals surface area contributed by atoms with Crippen molar-refractivity contribution in [3.8, 4) is 28.6 Å². The first kappa shape index (κ1) is 22.9. The van der Waals surface area contributed by atoms with Gasteiger partial charge in [0.05, 0.1) is 39.3 Å². The van der Waals surface area contributed by atoms with Crippen molar-refractivity contribution in [1.29, 1.82) is 0 Å². The minimum Gasteiger partial charge on any atom is -0.497 e. The lowest BCUT2D eigenvalue weighted by Crippen LogP contribution is -2.38. The van der Waals surface area contributed by atoms with Gasteiger partial charge in [0, 0.05) is 30.8 Å². The summed E-state index contributed by atoms with van der Waals surface area (Å²) in [6.07, 6.45) is -0.110. The second-order valence-corrected chi connectivity index (χ2v) is 8.45. The minimum atomic E-state index is -0.110. The summed E-state index contributed by atoms with van der Waals surface area (Å²) in [5.74, 6) is 2.59. The fraction of sp³-hybridized carbons (Fsp3) is 0.370. The van der Waals surface area contributed by atoms with Crippen LogP contribution in [0.4, 0.5) is 5.69 Å². The van der Waals surface area contributed by atoms with E-state index in [2.05, 4.69) is 49.1 Å². The molecule has 1 aromatic heterocycles. The highest BCUT2D eigenvalue weighted by atomic mass is 16.5. The van der Waals surface area contributed by atoms with Gasteiger partial charge >= 0.3 is 0 Å². The predicted octanol–water partition coefficient (Wildman–Crippen LogP) is 5.48. The Morgan fingerprint density at radius 1 is 0.909 bits per heavy atom. The number of nitrogens with zero attached hydrogens (tertiary/aromatic N) is 2. The number of methoxy groups -OCH3 is 3. The van der Waals surface area contributed by atoms with Gasteiger partial charge in [0.15, 0.2) is 0 Å². The first-order chi connectivity index (χ1) is 16.0. The van der Waals surface area contributed by atoms with E-state index in [0.29, 0.717) is 24.9 Å². The molecule has 2 heterocycles. The third-order valence-corrected chi connectivity index (χ3v) is 6.06. The summed E-state index contributed by atoms with van der Waals surface area (Å²) in [4.78, 5) is 7.15. The molecule has 1 atom stereocenters. The molecule has 1 aliphatic rings. The van der Waals surface area contributed by atoms with Gasteiger partial charge in [-0.05, 0) is 35.2 Å². The van der Waals surface area contributed by atoms with Crippen molar-refractivity contribution in [3.63, 3.8) is 0 Å². The highest BCUT2D eigenvalue weighted by molar-refractivity contribution is 5.76. The topological polar surface area (TPSA) is 53.1 Å². The zero-order chi connectivity index (χ0) is 23.4. The van der Waals surface area contributed by atoms with Crippen molar-refractivity contribution in [3.05, 3.63) is 65.7 Å². The lowest BCUT2D eigenvalue weighted by Gasteiger charge is -2.35. The molecular formula is C27H32N2O4. The average molecular weight is 449 g/mol. The van der Waals surface area contributed by atoms with Gasteiger partial charge in [0.2, 0.25) is 5.88 Å². The normalized spacial score (nSPS) is 16.1. The molecule has 33 heavy (non-hydrogen) atoms. The zero-order valence-electron chi connectivity index (χ0n) is 20.0. The van der Waals surface area contributed by atoms with Crippen molar-refractivity contribution in [2.75, 3.05) is 45.9 Å². The standard InChI is InChI=1S/C27H32N2O4/c1-18(2)19-6-8-20(9-7-19)27-24(10-11-26(28-27)32-5)29-12-13-33-25(17-29)21-14-22(30-3)16-23(15-21)31-4/h6-11,14-16,18,25H,12-13,17H2,1-5H3. The summed E-state index contributed by atoms with van der Waals surface area (Å²) in [6, 6.07) is 18.5. The van der Waals surface area contributed by atoms with E-state index in [9.17, 15) is 0 Å². The number of anilines is 1. The molecule has 1 fully saturated rings. The van der Waals surface area contributed by atoms with E-state index in [1.165, 1.54) is 5.56 Å². The molecule has 0 N–H and O–H groups in total. The monoisotopic (exact) mass is 448 g/mol. The molecule has 0 aliphatic carbocycles. The molecule has 1 unspecified atom stereocenters. The van der Waals surface area contributed by atoms with Gasteiger partial charge in [-0.2, -0.15) is 0 Å². The first-order valence-electron chi connectivity index (χ1n) is 11.3. The van der Waals surface area contributed by atoms with Gasteiger partial charge in [0.1, 0.15) is 17.6 Å². The molecule has 0 spiro atoms. The second kappa shape index (κ2) is 10.1. The lowest BCUT2D eigenvalue weighted by molar-refractivity contribution is 0.0395. The SMILES string of the molecule is COc1cc(OC)cc(C2CN(c3ccc(OC)nc3-c3ccc(C(C)C)cc3)CCO2)c1. The van der Waals surface area contributed by atoms with E-state index < -0.39 is 0 Å². The van der Waals surface area contributed by atoms with Crippen LogP contribution in [-0.2, 0) is 4.74 Å². The molecule has 4 rings (SSSR count). The fourth-order valence-corrected chi connectivity index (χ4v) is 4.13. The smallest absolute Gasteiger partial charge is 0.213 e. The van der Waals surface area contributed by atoms with Crippen molar-refractivity contribution < 1.29 is 18.9 Å². The van der Waals surface area contributed by atoms with Crippen molar-refractivity contribution >= 4 is 5.69 Å². The van der Waals surface area contributed by atoms with Crippen LogP contribution in [0.25, 0.3) is 11.3 Å². The molecule has 1 saturated heterocycles. The van der Waals surface area contributed by atoms with E-state index in [0.717, 1.165) is 40.6 Å². The molecule has 2 aromatic carbocycles. The highest BCUT2D eigenvalue weighted by Gasteiger charge is 2.26. The van der Waals surface area contributed by atoms with Crippen LogP contribution < -0.4 is 19.1 Å². The van der Waals surface area contributed by atoms with E-state index in [-0.39, 0.29) is 6.10 Å². The third kappa shape index (κ3) is 5.06. The quantitative estimate of drug-likeness (QED) is 0.477. The Labute approximate surface area is 196 Å². The Morgan fingerprint density at radius 2 is 1.61 bits per heavy atom. The van der Waals surface area contributed by atoms with Crippen LogP contribution >= 0.6 is 0 Å². The van der Waals surface area contributed by atoms with E-state index in [1.54, 1.807) is 21.3 Å². The number of hydrogen-bond donors (Lipinski definition) is 0. The molecule has 0 amide bonds. The van der Waals surface area contributed by atoms with Gasteiger partial charge in [-0.15, -0.1) is 0 Å². The van der Waals surface area contributed by atoms with Gasteiger partial charge < -0.3 is 23.8 Å². The van der Waals surface area contributed by atoms with E-state index in [4.69, 9.17) is 23.9 Å². The highest BCUT2D eigenvalue weighted by Crippen LogP contribution is 2.36. The van der Waals surface area contributed by atoms with Crippen LogP contribution in [0.1, 0.15) is 37.0 Å². The molecule has 0 saturated carbocycles. The number of pyridine rings is 1. The van der Waals surface area contributed by atoms with Crippen LogP contribution in [0.2, 0.25) is 0 Å². The van der Waals surface area contributed by atoms with Crippen LogP contribution in [0, 0.1) is 0 Å². The summed E-state index contributed by atoms with van der Waals surface area (Å²) < 4.78 is 22.5. The summed E-state index contributed by atoms with van der Waals surface area (Å²) in [7, 11) is 4.97. The Morgan fingerprint density at radius 3 is 2.21 bits per heavy atom. The molecule has 6 nitrogen and oxygen atoms in total. The van der Waals surface area contributed by atoms with Gasteiger partial charge in [-0.3, -0.25) is 0 Å². The van der Waals surface area contributed by atoms with Gasteiger partial charge in [-0.25, -0.2) is 4.98 Å². The predicted molar refractivity (Wildman–Crippen MR) is 131 cm³/mol. The van der Waals surface area contributed by atoms with Crippen LogP contribution in [0.15, 0.2) is 54.6 Å². The van der Waals surface area contributed by atoms with Crippen molar-refractivity contribution in [2.45, 2.75) is 25.9 Å². The Hall–Kier alpha value is -3.25. The second-order valence-electron chi connectivity index (χ2n) is 8.45. The minimum absolute atomic E-state index is 0.110. The largest absolute Gasteiger partial charge is 0.497 e. The molecule has 0 bridgehead atoms. The summed E-state index contributed by atoms with van der Waals surface area (Å²) in [5.41, 5.74) is 5.38. The maximum Gasteiger partial charge on any atom is 0.213 e. The molecule has 0 radical (unpaired) electrons. The van der Waals surface area contributed by atoms with Crippen molar-refractivity contribution in [2.24, 2.45) is 0 Å². The number of hydrogen-bond acceptors (Lipinski definition) is 6. The number of benzene rings is 2. The summed E-state index contributed by atoms with van der Waals surface area (Å²) >= 11 is 0. The molecule has 6 heteroatoms.